The van der Waals surface area contributed by atoms with Crippen LogP contribution in [0.25, 0.3) is 84.2 Å². The van der Waals surface area contributed by atoms with Crippen molar-refractivity contribution in [3.63, 3.8) is 0 Å². The zero-order valence-corrected chi connectivity index (χ0v) is 26.4. The van der Waals surface area contributed by atoms with Gasteiger partial charge >= 0.3 is 0 Å². The zero-order chi connectivity index (χ0) is 32.2. The number of oxazole rings is 1. The molecular weight excluding hydrogens is 590 g/mol. The minimum atomic E-state index is 0.530. The molecule has 48 heavy (non-hydrogen) atoms. The number of fused-ring (bicyclic) bond motifs is 4. The molecule has 0 spiro atoms. The highest BCUT2D eigenvalue weighted by molar-refractivity contribution is 6.10. The summed E-state index contributed by atoms with van der Waals surface area (Å²) in [4.78, 5) is 20.1. The second-order valence-corrected chi connectivity index (χ2v) is 12.1. The first kappa shape index (κ1) is 27.9. The van der Waals surface area contributed by atoms with E-state index in [1.165, 1.54) is 5.39 Å². The number of nitrogens with zero attached hydrogens (tertiary/aromatic N) is 5. The molecule has 0 saturated carbocycles. The molecule has 0 bridgehead atoms. The van der Waals surface area contributed by atoms with E-state index in [1.807, 2.05) is 54.6 Å². The Balaban J connectivity index is 1.27. The third kappa shape index (κ3) is 4.74. The lowest BCUT2D eigenvalue weighted by Crippen LogP contribution is -2.01. The quantitative estimate of drug-likeness (QED) is 0.192. The lowest BCUT2D eigenvalue weighted by atomic mass is 10.1. The van der Waals surface area contributed by atoms with Crippen molar-refractivity contribution in [2.24, 2.45) is 0 Å². The van der Waals surface area contributed by atoms with Crippen molar-refractivity contribution in [1.82, 2.24) is 24.5 Å². The van der Waals surface area contributed by atoms with Crippen molar-refractivity contribution in [3.05, 3.63) is 151 Å². The van der Waals surface area contributed by atoms with Crippen molar-refractivity contribution in [1.29, 1.82) is 0 Å². The van der Waals surface area contributed by atoms with Crippen LogP contribution in [0.1, 0.15) is 11.1 Å². The normalized spacial score (nSPS) is 11.5. The fourth-order valence-electron chi connectivity index (χ4n) is 6.65. The predicted octanol–water partition coefficient (Wildman–Crippen LogP) is 10.4. The maximum Gasteiger partial charge on any atom is 0.227 e. The van der Waals surface area contributed by atoms with Crippen LogP contribution in [0, 0.1) is 13.8 Å². The molecule has 9 aromatic rings. The second kappa shape index (κ2) is 11.1. The summed E-state index contributed by atoms with van der Waals surface area (Å²) in [5, 5.41) is 2.30. The van der Waals surface area contributed by atoms with E-state index in [0.29, 0.717) is 28.9 Å². The zero-order valence-electron chi connectivity index (χ0n) is 26.4. The molecule has 0 fully saturated rings. The molecule has 6 heteroatoms. The summed E-state index contributed by atoms with van der Waals surface area (Å²) < 4.78 is 8.71. The monoisotopic (exact) mass is 619 g/mol. The summed E-state index contributed by atoms with van der Waals surface area (Å²) in [5.74, 6) is 2.28. The standard InChI is InChI=1S/C42H29N5O/c1-26-22-27(2)24-30(23-26)40-44-39(45-41(46-40)33-17-11-18-35-38(33)48-42(43-35)28-12-5-3-6-13-28)29-20-21-37-34(25-29)32-16-9-10-19-36(32)47(37)31-14-7-4-8-15-31/h3-25H,1-2H3. The minimum absolute atomic E-state index is 0.530. The first-order valence-electron chi connectivity index (χ1n) is 16.0. The molecule has 0 radical (unpaired) electrons. The first-order valence-corrected chi connectivity index (χ1v) is 16.0. The topological polar surface area (TPSA) is 69.6 Å². The second-order valence-electron chi connectivity index (χ2n) is 12.1. The van der Waals surface area contributed by atoms with Gasteiger partial charge in [-0.25, -0.2) is 19.9 Å². The summed E-state index contributed by atoms with van der Waals surface area (Å²) >= 11 is 0. The molecule has 9 rings (SSSR count). The molecule has 3 heterocycles. The molecule has 0 saturated heterocycles. The number of rotatable bonds is 5. The minimum Gasteiger partial charge on any atom is -0.435 e. The molecule has 6 nitrogen and oxygen atoms in total. The number of aromatic nitrogens is 5. The van der Waals surface area contributed by atoms with E-state index < -0.39 is 0 Å². The average Bonchev–Trinajstić information content (AvgIpc) is 3.71. The third-order valence-electron chi connectivity index (χ3n) is 8.74. The molecule has 228 valence electrons. The van der Waals surface area contributed by atoms with Gasteiger partial charge in [0.15, 0.2) is 23.1 Å². The highest BCUT2D eigenvalue weighted by Gasteiger charge is 2.20. The van der Waals surface area contributed by atoms with Gasteiger partial charge in [-0.2, -0.15) is 0 Å². The maximum atomic E-state index is 6.41. The largest absolute Gasteiger partial charge is 0.435 e. The molecule has 0 N–H and O–H groups in total. The van der Waals surface area contributed by atoms with Gasteiger partial charge in [0.05, 0.1) is 16.6 Å². The van der Waals surface area contributed by atoms with Crippen LogP contribution in [-0.4, -0.2) is 24.5 Å². The lowest BCUT2D eigenvalue weighted by molar-refractivity contribution is 0.620. The van der Waals surface area contributed by atoms with Gasteiger partial charge < -0.3 is 8.98 Å². The van der Waals surface area contributed by atoms with Crippen LogP contribution in [0.2, 0.25) is 0 Å². The van der Waals surface area contributed by atoms with Crippen molar-refractivity contribution in [2.45, 2.75) is 13.8 Å². The molecule has 0 amide bonds. The van der Waals surface area contributed by atoms with Gasteiger partial charge in [0.25, 0.3) is 0 Å². The summed E-state index contributed by atoms with van der Waals surface area (Å²) in [6, 6.07) is 47.7. The van der Waals surface area contributed by atoms with E-state index in [2.05, 4.69) is 103 Å². The van der Waals surface area contributed by atoms with Gasteiger partial charge in [0, 0.05) is 33.2 Å². The fourth-order valence-corrected chi connectivity index (χ4v) is 6.65. The van der Waals surface area contributed by atoms with Gasteiger partial charge in [-0.15, -0.1) is 0 Å². The number of aryl methyl sites for hydroxylation is 2. The van der Waals surface area contributed by atoms with Crippen LogP contribution in [-0.2, 0) is 0 Å². The molecule has 0 unspecified atom stereocenters. The van der Waals surface area contributed by atoms with Gasteiger partial charge in [0.1, 0.15) is 5.52 Å². The number of hydrogen-bond acceptors (Lipinski definition) is 5. The Morgan fingerprint density at radius 2 is 1.15 bits per heavy atom. The summed E-state index contributed by atoms with van der Waals surface area (Å²) in [6.07, 6.45) is 0. The molecule has 0 aliphatic carbocycles. The molecule has 0 aliphatic heterocycles. The van der Waals surface area contributed by atoms with Gasteiger partial charge in [-0.1, -0.05) is 77.9 Å². The smallest absolute Gasteiger partial charge is 0.227 e. The Morgan fingerprint density at radius 1 is 0.479 bits per heavy atom. The Labute approximate surface area is 277 Å². The maximum absolute atomic E-state index is 6.41. The van der Waals surface area contributed by atoms with Crippen molar-refractivity contribution < 1.29 is 4.42 Å². The fraction of sp³-hybridized carbons (Fsp3) is 0.0476. The first-order chi connectivity index (χ1) is 23.6. The SMILES string of the molecule is Cc1cc(C)cc(-c2nc(-c3ccc4c(c3)c3ccccc3n4-c3ccccc3)nc(-c3cccc4nc(-c5ccccc5)oc34)n2)c1. The molecule has 6 aromatic carbocycles. The molecule has 0 aliphatic rings. The van der Waals surface area contributed by atoms with Gasteiger partial charge in [0.2, 0.25) is 5.89 Å². The summed E-state index contributed by atoms with van der Waals surface area (Å²) in [5.41, 5.74) is 10.6. The Morgan fingerprint density at radius 3 is 1.94 bits per heavy atom. The number of hydrogen-bond donors (Lipinski definition) is 0. The lowest BCUT2D eigenvalue weighted by Gasteiger charge is -2.10. The average molecular weight is 620 g/mol. The van der Waals surface area contributed by atoms with Crippen molar-refractivity contribution >= 4 is 32.9 Å². The van der Waals surface area contributed by atoms with Crippen LogP contribution in [0.3, 0.4) is 0 Å². The van der Waals surface area contributed by atoms with Gasteiger partial charge in [-0.05, 0) is 86.6 Å². The summed E-state index contributed by atoms with van der Waals surface area (Å²) in [6.45, 7) is 4.19. The van der Waals surface area contributed by atoms with Crippen LogP contribution >= 0.6 is 0 Å². The Hall–Kier alpha value is -6.40. The van der Waals surface area contributed by atoms with Crippen LogP contribution < -0.4 is 0 Å². The number of benzene rings is 6. The Kier molecular flexibility index (Phi) is 6.47. The Bertz CT molecular complexity index is 2620. The predicted molar refractivity (Wildman–Crippen MR) is 193 cm³/mol. The van der Waals surface area contributed by atoms with Crippen LogP contribution in [0.15, 0.2) is 144 Å². The van der Waals surface area contributed by atoms with E-state index in [9.17, 15) is 0 Å². The highest BCUT2D eigenvalue weighted by atomic mass is 16.3. The van der Waals surface area contributed by atoms with E-state index in [4.69, 9.17) is 24.4 Å². The van der Waals surface area contributed by atoms with Crippen molar-refractivity contribution in [3.8, 4) is 51.3 Å². The molecule has 0 atom stereocenters. The van der Waals surface area contributed by atoms with Crippen LogP contribution in [0.4, 0.5) is 0 Å². The number of para-hydroxylation sites is 3. The molecular formula is C42H29N5O. The van der Waals surface area contributed by atoms with Gasteiger partial charge in [-0.3, -0.25) is 0 Å². The third-order valence-corrected chi connectivity index (χ3v) is 8.74. The summed E-state index contributed by atoms with van der Waals surface area (Å²) in [7, 11) is 0. The van der Waals surface area contributed by atoms with E-state index in [1.54, 1.807) is 0 Å². The molecule has 3 aromatic heterocycles. The van der Waals surface area contributed by atoms with Crippen LogP contribution in [0.5, 0.6) is 0 Å². The van der Waals surface area contributed by atoms with E-state index >= 15 is 0 Å². The van der Waals surface area contributed by atoms with E-state index in [-0.39, 0.29) is 0 Å². The van der Waals surface area contributed by atoms with Crippen molar-refractivity contribution in [2.75, 3.05) is 0 Å². The highest BCUT2D eigenvalue weighted by Crippen LogP contribution is 2.36. The van der Waals surface area contributed by atoms with E-state index in [0.717, 1.165) is 61.0 Å².